The van der Waals surface area contributed by atoms with Crippen molar-refractivity contribution < 1.29 is 4.79 Å². The number of thiocarbonyl (C=S) groups is 1. The predicted molar refractivity (Wildman–Crippen MR) is 113 cm³/mol. The molecule has 0 fully saturated rings. The zero-order chi connectivity index (χ0) is 18.5. The van der Waals surface area contributed by atoms with Crippen molar-refractivity contribution >= 4 is 28.8 Å². The standard InChI is InChI=1S/C21H34N2OS/c1-4-6-8-10-16-23(17-11-9-7-5-2)21(25)22-20-14-12-19(13-15-20)18(3)24/h12-15H,4-11,16-17H2,1-3H3,(H,22,25). The lowest BCUT2D eigenvalue weighted by atomic mass is 10.1. The Bertz CT molecular complexity index is 501. The number of anilines is 1. The van der Waals surface area contributed by atoms with Crippen LogP contribution in [0, 0.1) is 0 Å². The first kappa shape index (κ1) is 21.6. The normalized spacial score (nSPS) is 10.5. The van der Waals surface area contributed by atoms with E-state index < -0.39 is 0 Å². The Morgan fingerprint density at radius 3 is 1.88 bits per heavy atom. The zero-order valence-corrected chi connectivity index (χ0v) is 17.0. The molecule has 3 nitrogen and oxygen atoms in total. The summed E-state index contributed by atoms with van der Waals surface area (Å²) in [5.74, 6) is 0.0857. The molecule has 0 spiro atoms. The van der Waals surface area contributed by atoms with Crippen LogP contribution in [0.2, 0.25) is 0 Å². The van der Waals surface area contributed by atoms with E-state index in [-0.39, 0.29) is 5.78 Å². The van der Waals surface area contributed by atoms with Gasteiger partial charge in [0.25, 0.3) is 0 Å². The molecule has 0 aliphatic rings. The van der Waals surface area contributed by atoms with Crippen molar-refractivity contribution in [2.24, 2.45) is 0 Å². The van der Waals surface area contributed by atoms with E-state index in [0.29, 0.717) is 0 Å². The molecule has 0 aliphatic carbocycles. The monoisotopic (exact) mass is 362 g/mol. The average Bonchev–Trinajstić information content (AvgIpc) is 2.60. The molecular formula is C21H34N2OS. The summed E-state index contributed by atoms with van der Waals surface area (Å²) in [6.45, 7) is 8.09. The molecule has 1 rings (SSSR count). The minimum atomic E-state index is 0.0857. The number of nitrogens with zero attached hydrogens (tertiary/aromatic N) is 1. The maximum absolute atomic E-state index is 11.4. The Morgan fingerprint density at radius 1 is 0.920 bits per heavy atom. The van der Waals surface area contributed by atoms with Crippen molar-refractivity contribution in [2.45, 2.75) is 72.1 Å². The fourth-order valence-electron chi connectivity index (χ4n) is 2.76. The lowest BCUT2D eigenvalue weighted by Gasteiger charge is -2.26. The molecule has 1 aromatic carbocycles. The molecule has 140 valence electrons. The molecule has 0 aliphatic heterocycles. The van der Waals surface area contributed by atoms with Crippen LogP contribution in [0.4, 0.5) is 5.69 Å². The van der Waals surface area contributed by atoms with Crippen LogP contribution >= 0.6 is 12.2 Å². The van der Waals surface area contributed by atoms with Gasteiger partial charge in [-0.1, -0.05) is 52.4 Å². The van der Waals surface area contributed by atoms with E-state index in [1.54, 1.807) is 6.92 Å². The number of ketones is 1. The number of carbonyl (C=O) groups is 1. The predicted octanol–water partition coefficient (Wildman–Crippen LogP) is 6.05. The summed E-state index contributed by atoms with van der Waals surface area (Å²) in [4.78, 5) is 13.7. The fraction of sp³-hybridized carbons (Fsp3) is 0.619. The number of unbranched alkanes of at least 4 members (excludes halogenated alkanes) is 6. The van der Waals surface area contributed by atoms with Crippen molar-refractivity contribution in [3.05, 3.63) is 29.8 Å². The number of hydrogen-bond donors (Lipinski definition) is 1. The molecule has 4 heteroatoms. The largest absolute Gasteiger partial charge is 0.349 e. The second-order valence-electron chi connectivity index (χ2n) is 6.67. The third-order valence-electron chi connectivity index (χ3n) is 4.39. The summed E-state index contributed by atoms with van der Waals surface area (Å²) in [7, 11) is 0. The number of carbonyl (C=O) groups excluding carboxylic acids is 1. The van der Waals surface area contributed by atoms with Crippen molar-refractivity contribution in [1.29, 1.82) is 0 Å². The van der Waals surface area contributed by atoms with Gasteiger partial charge in [-0.25, -0.2) is 0 Å². The van der Waals surface area contributed by atoms with Crippen molar-refractivity contribution in [3.8, 4) is 0 Å². The van der Waals surface area contributed by atoms with Gasteiger partial charge in [-0.2, -0.15) is 0 Å². The van der Waals surface area contributed by atoms with Crippen LogP contribution in [0.5, 0.6) is 0 Å². The van der Waals surface area contributed by atoms with Crippen LogP contribution in [0.25, 0.3) is 0 Å². The van der Waals surface area contributed by atoms with Gasteiger partial charge < -0.3 is 10.2 Å². The molecule has 1 aromatic rings. The summed E-state index contributed by atoms with van der Waals surface area (Å²) in [5.41, 5.74) is 1.68. The highest BCUT2D eigenvalue weighted by Gasteiger charge is 2.10. The topological polar surface area (TPSA) is 32.3 Å². The van der Waals surface area contributed by atoms with Gasteiger partial charge >= 0.3 is 0 Å². The van der Waals surface area contributed by atoms with Gasteiger partial charge in [-0.05, 0) is 56.2 Å². The van der Waals surface area contributed by atoms with Crippen LogP contribution in [-0.2, 0) is 0 Å². The first-order valence-corrected chi connectivity index (χ1v) is 10.2. The van der Waals surface area contributed by atoms with Crippen LogP contribution in [-0.4, -0.2) is 28.9 Å². The average molecular weight is 363 g/mol. The van der Waals surface area contributed by atoms with Crippen LogP contribution < -0.4 is 5.32 Å². The molecule has 0 heterocycles. The molecular weight excluding hydrogens is 328 g/mol. The second kappa shape index (κ2) is 12.9. The van der Waals surface area contributed by atoms with Crippen LogP contribution in [0.1, 0.15) is 82.5 Å². The smallest absolute Gasteiger partial charge is 0.173 e. The highest BCUT2D eigenvalue weighted by atomic mass is 32.1. The molecule has 0 atom stereocenters. The second-order valence-corrected chi connectivity index (χ2v) is 7.06. The molecule has 25 heavy (non-hydrogen) atoms. The summed E-state index contributed by atoms with van der Waals surface area (Å²) < 4.78 is 0. The Morgan fingerprint density at radius 2 is 1.44 bits per heavy atom. The molecule has 1 N–H and O–H groups in total. The van der Waals surface area contributed by atoms with Gasteiger partial charge in [0.2, 0.25) is 0 Å². The summed E-state index contributed by atoms with van der Waals surface area (Å²) >= 11 is 5.65. The van der Waals surface area contributed by atoms with E-state index in [9.17, 15) is 4.79 Å². The maximum Gasteiger partial charge on any atom is 0.173 e. The van der Waals surface area contributed by atoms with Crippen LogP contribution in [0.15, 0.2) is 24.3 Å². The third-order valence-corrected chi connectivity index (χ3v) is 4.75. The van der Waals surface area contributed by atoms with E-state index in [4.69, 9.17) is 12.2 Å². The molecule has 0 saturated heterocycles. The van der Waals surface area contributed by atoms with Gasteiger partial charge in [0.15, 0.2) is 10.9 Å². The fourth-order valence-corrected chi connectivity index (χ4v) is 3.07. The van der Waals surface area contributed by atoms with Crippen molar-refractivity contribution in [2.75, 3.05) is 18.4 Å². The van der Waals surface area contributed by atoms with E-state index in [1.165, 1.54) is 51.4 Å². The Labute approximate surface area is 159 Å². The minimum absolute atomic E-state index is 0.0857. The quantitative estimate of drug-likeness (QED) is 0.279. The van der Waals surface area contributed by atoms with Gasteiger partial charge in [-0.3, -0.25) is 4.79 Å². The van der Waals surface area contributed by atoms with Gasteiger partial charge in [-0.15, -0.1) is 0 Å². The van der Waals surface area contributed by atoms with Crippen molar-refractivity contribution in [3.63, 3.8) is 0 Å². The first-order valence-electron chi connectivity index (χ1n) is 9.75. The zero-order valence-electron chi connectivity index (χ0n) is 16.1. The Balaban J connectivity index is 2.57. The molecule has 0 bridgehead atoms. The number of hydrogen-bond acceptors (Lipinski definition) is 2. The molecule has 0 unspecified atom stereocenters. The number of Topliss-reactive ketones (excluding diaryl/α,β-unsaturated/α-hetero) is 1. The van der Waals surface area contributed by atoms with E-state index in [1.807, 2.05) is 24.3 Å². The van der Waals surface area contributed by atoms with Crippen molar-refractivity contribution in [1.82, 2.24) is 4.90 Å². The molecule has 0 aromatic heterocycles. The number of rotatable bonds is 12. The number of benzene rings is 1. The lowest BCUT2D eigenvalue weighted by molar-refractivity contribution is 0.101. The molecule has 0 saturated carbocycles. The maximum atomic E-state index is 11.4. The summed E-state index contributed by atoms with van der Waals surface area (Å²) in [5, 5.41) is 4.13. The SMILES string of the molecule is CCCCCCN(CCCCCC)C(=S)Nc1ccc(C(C)=O)cc1. The highest BCUT2D eigenvalue weighted by molar-refractivity contribution is 7.80. The summed E-state index contributed by atoms with van der Waals surface area (Å²) in [6, 6.07) is 7.55. The lowest BCUT2D eigenvalue weighted by Crippen LogP contribution is -2.36. The molecule has 0 amide bonds. The van der Waals surface area contributed by atoms with Gasteiger partial charge in [0.05, 0.1) is 0 Å². The van der Waals surface area contributed by atoms with Gasteiger partial charge in [0.1, 0.15) is 0 Å². The van der Waals surface area contributed by atoms with E-state index >= 15 is 0 Å². The Hall–Kier alpha value is -1.42. The Kier molecular flexibility index (Phi) is 11.1. The molecule has 0 radical (unpaired) electrons. The van der Waals surface area contributed by atoms with E-state index in [2.05, 4.69) is 24.1 Å². The minimum Gasteiger partial charge on any atom is -0.349 e. The number of nitrogens with one attached hydrogen (secondary N) is 1. The van der Waals surface area contributed by atoms with E-state index in [0.717, 1.165) is 29.5 Å². The van der Waals surface area contributed by atoms with Gasteiger partial charge in [0, 0.05) is 24.3 Å². The first-order chi connectivity index (χ1) is 12.1. The highest BCUT2D eigenvalue weighted by Crippen LogP contribution is 2.13. The third kappa shape index (κ3) is 9.01. The summed E-state index contributed by atoms with van der Waals surface area (Å²) in [6.07, 6.45) is 9.98. The van der Waals surface area contributed by atoms with Crippen LogP contribution in [0.3, 0.4) is 0 Å².